The van der Waals surface area contributed by atoms with Crippen LogP contribution in [0.15, 0.2) is 72.9 Å². The fourth-order valence-corrected chi connectivity index (χ4v) is 5.73. The van der Waals surface area contributed by atoms with Gasteiger partial charge in [0.15, 0.2) is 5.11 Å². The number of para-hydroxylation sites is 1. The van der Waals surface area contributed by atoms with E-state index in [0.717, 1.165) is 28.3 Å². The SMILES string of the molecule is Cc1ccc(C)c(-n2c(C)cc([C@@H]3[C@H](c4ccccn4)NC(=S)N3CCC(=O)Nc3ccccc3F)c2C)c1. The van der Waals surface area contributed by atoms with Crippen LogP contribution in [0.2, 0.25) is 0 Å². The van der Waals surface area contributed by atoms with Crippen LogP contribution in [0.1, 0.15) is 52.3 Å². The lowest BCUT2D eigenvalue weighted by Gasteiger charge is -2.28. The minimum Gasteiger partial charge on any atom is -0.352 e. The van der Waals surface area contributed by atoms with E-state index in [0.29, 0.717) is 11.7 Å². The Bertz CT molecular complexity index is 1530. The maximum atomic E-state index is 14.1. The topological polar surface area (TPSA) is 62.2 Å². The van der Waals surface area contributed by atoms with Gasteiger partial charge in [-0.05, 0) is 93.0 Å². The summed E-state index contributed by atoms with van der Waals surface area (Å²) in [6.45, 7) is 8.83. The van der Waals surface area contributed by atoms with Crippen molar-refractivity contribution in [1.82, 2.24) is 19.8 Å². The molecule has 2 atom stereocenters. The second-order valence-corrected chi connectivity index (χ2v) is 10.4. The number of thiocarbonyl (C=S) groups is 1. The normalized spacial score (nSPS) is 16.8. The monoisotopic (exact) mass is 541 g/mol. The summed E-state index contributed by atoms with van der Waals surface area (Å²) < 4.78 is 16.4. The number of hydrogen-bond acceptors (Lipinski definition) is 3. The molecule has 6 nitrogen and oxygen atoms in total. The Morgan fingerprint density at radius 3 is 2.56 bits per heavy atom. The molecule has 1 aliphatic heterocycles. The molecule has 3 heterocycles. The highest BCUT2D eigenvalue weighted by molar-refractivity contribution is 7.80. The first-order valence-corrected chi connectivity index (χ1v) is 13.4. The molecule has 1 saturated heterocycles. The van der Waals surface area contributed by atoms with Gasteiger partial charge in [-0.15, -0.1) is 0 Å². The maximum Gasteiger partial charge on any atom is 0.226 e. The molecule has 0 unspecified atom stereocenters. The molecule has 2 N–H and O–H groups in total. The summed E-state index contributed by atoms with van der Waals surface area (Å²) in [6.07, 6.45) is 1.93. The number of nitrogens with zero attached hydrogens (tertiary/aromatic N) is 3. The number of amides is 1. The van der Waals surface area contributed by atoms with Crippen molar-refractivity contribution in [3.8, 4) is 5.69 Å². The van der Waals surface area contributed by atoms with Crippen LogP contribution >= 0.6 is 12.2 Å². The Morgan fingerprint density at radius 2 is 1.82 bits per heavy atom. The van der Waals surface area contributed by atoms with Crippen LogP contribution in [0.3, 0.4) is 0 Å². The van der Waals surface area contributed by atoms with Gasteiger partial charge < -0.3 is 20.1 Å². The summed E-state index contributed by atoms with van der Waals surface area (Å²) in [7, 11) is 0. The third-order valence-corrected chi connectivity index (χ3v) is 7.67. The van der Waals surface area contributed by atoms with Crippen molar-refractivity contribution in [2.75, 3.05) is 11.9 Å². The van der Waals surface area contributed by atoms with Gasteiger partial charge in [0.05, 0.1) is 23.5 Å². The van der Waals surface area contributed by atoms with E-state index in [1.807, 2.05) is 18.2 Å². The van der Waals surface area contributed by atoms with Gasteiger partial charge in [-0.3, -0.25) is 9.78 Å². The van der Waals surface area contributed by atoms with Crippen molar-refractivity contribution < 1.29 is 9.18 Å². The number of carbonyl (C=O) groups is 1. The van der Waals surface area contributed by atoms with Gasteiger partial charge in [0, 0.05) is 36.2 Å². The molecule has 1 fully saturated rings. The zero-order valence-corrected chi connectivity index (χ0v) is 23.3. The van der Waals surface area contributed by atoms with E-state index in [1.54, 1.807) is 24.4 Å². The molecule has 0 bridgehead atoms. The molecular weight excluding hydrogens is 509 g/mol. The fraction of sp³-hybridized carbons (Fsp3) is 0.258. The first-order chi connectivity index (χ1) is 18.7. The largest absolute Gasteiger partial charge is 0.352 e. The molecule has 1 aliphatic rings. The first kappa shape index (κ1) is 26.6. The Labute approximate surface area is 233 Å². The Hall–Kier alpha value is -4.04. The molecule has 200 valence electrons. The van der Waals surface area contributed by atoms with Crippen molar-refractivity contribution in [2.24, 2.45) is 0 Å². The third-order valence-electron chi connectivity index (χ3n) is 7.32. The lowest BCUT2D eigenvalue weighted by molar-refractivity contribution is -0.116. The molecular formula is C31H32FN5OS. The zero-order valence-electron chi connectivity index (χ0n) is 22.5. The highest BCUT2D eigenvalue weighted by atomic mass is 32.1. The molecule has 1 amide bonds. The lowest BCUT2D eigenvalue weighted by atomic mass is 9.96. The quantitative estimate of drug-likeness (QED) is 0.271. The number of pyridine rings is 1. The smallest absolute Gasteiger partial charge is 0.226 e. The molecule has 39 heavy (non-hydrogen) atoms. The third kappa shape index (κ3) is 5.29. The molecule has 0 radical (unpaired) electrons. The van der Waals surface area contributed by atoms with Crippen molar-refractivity contribution in [3.63, 3.8) is 0 Å². The summed E-state index contributed by atoms with van der Waals surface area (Å²) in [5.74, 6) is -0.736. The van der Waals surface area contributed by atoms with E-state index in [2.05, 4.69) is 77.0 Å². The Balaban J connectivity index is 1.50. The van der Waals surface area contributed by atoms with Crippen LogP contribution in [0.4, 0.5) is 10.1 Å². The Morgan fingerprint density at radius 1 is 1.05 bits per heavy atom. The highest BCUT2D eigenvalue weighted by Crippen LogP contribution is 2.41. The van der Waals surface area contributed by atoms with Gasteiger partial charge >= 0.3 is 0 Å². The zero-order chi connectivity index (χ0) is 27.7. The standard InChI is InChI=1S/C31H32FN5OS/c1-19-12-13-20(2)27(17-19)37-21(3)18-23(22(37)4)30-29(26-11-7-8-15-33-26)35-31(39)36(30)16-14-28(38)34-25-10-6-5-9-24(25)32/h5-13,15,17-18,29-30H,14,16H2,1-4H3,(H,34,38)(H,35,39)/t29-,30+/m0/s1. The van der Waals surface area contributed by atoms with Gasteiger partial charge in [-0.2, -0.15) is 0 Å². The molecule has 0 aliphatic carbocycles. The number of carbonyl (C=O) groups excluding carboxylic acids is 1. The number of nitrogens with one attached hydrogen (secondary N) is 2. The minimum atomic E-state index is -0.462. The van der Waals surface area contributed by atoms with Gasteiger partial charge in [0.25, 0.3) is 0 Å². The van der Waals surface area contributed by atoms with Crippen molar-refractivity contribution in [3.05, 3.63) is 113 Å². The van der Waals surface area contributed by atoms with E-state index in [4.69, 9.17) is 12.2 Å². The van der Waals surface area contributed by atoms with Crippen molar-refractivity contribution >= 4 is 28.9 Å². The van der Waals surface area contributed by atoms with Crippen LogP contribution in [0.5, 0.6) is 0 Å². The predicted octanol–water partition coefficient (Wildman–Crippen LogP) is 6.25. The summed E-state index contributed by atoms with van der Waals surface area (Å²) in [5.41, 5.74) is 7.93. The van der Waals surface area contributed by atoms with Crippen LogP contribution < -0.4 is 10.6 Å². The lowest BCUT2D eigenvalue weighted by Crippen LogP contribution is -2.33. The van der Waals surface area contributed by atoms with Crippen molar-refractivity contribution in [1.29, 1.82) is 0 Å². The molecule has 5 rings (SSSR count). The summed E-state index contributed by atoms with van der Waals surface area (Å²) in [6, 6.07) is 20.3. The molecule has 2 aromatic carbocycles. The van der Waals surface area contributed by atoms with E-state index < -0.39 is 5.82 Å². The first-order valence-electron chi connectivity index (χ1n) is 13.0. The average molecular weight is 542 g/mol. The van der Waals surface area contributed by atoms with Crippen LogP contribution in [-0.4, -0.2) is 32.0 Å². The van der Waals surface area contributed by atoms with Crippen LogP contribution in [-0.2, 0) is 4.79 Å². The number of benzene rings is 2. The van der Waals surface area contributed by atoms with E-state index >= 15 is 0 Å². The van der Waals surface area contributed by atoms with E-state index in [1.165, 1.54) is 17.2 Å². The van der Waals surface area contributed by atoms with Gasteiger partial charge in [0.1, 0.15) is 5.82 Å². The van der Waals surface area contributed by atoms with Crippen LogP contribution in [0.25, 0.3) is 5.69 Å². The molecule has 0 spiro atoms. The summed E-state index contributed by atoms with van der Waals surface area (Å²) in [5, 5.41) is 6.71. The fourth-order valence-electron chi connectivity index (χ4n) is 5.40. The number of hydrogen-bond donors (Lipinski definition) is 2. The van der Waals surface area contributed by atoms with Crippen molar-refractivity contribution in [2.45, 2.75) is 46.2 Å². The minimum absolute atomic E-state index is 0.150. The van der Waals surface area contributed by atoms with E-state index in [9.17, 15) is 9.18 Å². The van der Waals surface area contributed by atoms with E-state index in [-0.39, 0.29) is 30.1 Å². The summed E-state index contributed by atoms with van der Waals surface area (Å²) >= 11 is 5.80. The van der Waals surface area contributed by atoms with Crippen LogP contribution in [0, 0.1) is 33.5 Å². The number of aryl methyl sites for hydroxylation is 3. The second-order valence-electron chi connectivity index (χ2n) is 10.0. The van der Waals surface area contributed by atoms with Gasteiger partial charge in [-0.25, -0.2) is 4.39 Å². The average Bonchev–Trinajstić information content (AvgIpc) is 3.40. The maximum absolute atomic E-state index is 14.1. The number of halogens is 1. The molecule has 8 heteroatoms. The predicted molar refractivity (Wildman–Crippen MR) is 157 cm³/mol. The number of rotatable bonds is 7. The summed E-state index contributed by atoms with van der Waals surface area (Å²) in [4.78, 5) is 19.5. The van der Waals surface area contributed by atoms with Gasteiger partial charge in [-0.1, -0.05) is 30.3 Å². The van der Waals surface area contributed by atoms with Gasteiger partial charge in [0.2, 0.25) is 5.91 Å². The number of anilines is 1. The molecule has 0 saturated carbocycles. The molecule has 2 aromatic heterocycles. The number of aromatic nitrogens is 2. The second kappa shape index (κ2) is 11.0. The molecule has 4 aromatic rings. The Kier molecular flexibility index (Phi) is 7.48. The highest BCUT2D eigenvalue weighted by Gasteiger charge is 2.41.